The first-order valence-electron chi connectivity index (χ1n) is 6.11. The highest BCUT2D eigenvalue weighted by Gasteiger charge is 2.21. The van der Waals surface area contributed by atoms with Crippen LogP contribution in [0.4, 0.5) is 5.69 Å². The lowest BCUT2D eigenvalue weighted by Crippen LogP contribution is -2.36. The normalized spacial score (nSPS) is 10.0. The van der Waals surface area contributed by atoms with Gasteiger partial charge in [0.05, 0.1) is 5.69 Å². The number of carbonyl (C=O) groups excluding carboxylic acids is 2. The molecule has 0 N–H and O–H groups in total. The fourth-order valence-electron chi connectivity index (χ4n) is 1.66. The third-order valence-corrected chi connectivity index (χ3v) is 2.44. The second-order valence-corrected chi connectivity index (χ2v) is 3.96. The van der Waals surface area contributed by atoms with Gasteiger partial charge in [0.2, 0.25) is 11.8 Å². The maximum absolute atomic E-state index is 12.0. The van der Waals surface area contributed by atoms with Crippen LogP contribution in [-0.4, -0.2) is 11.8 Å². The van der Waals surface area contributed by atoms with E-state index in [1.807, 2.05) is 32.0 Å². The van der Waals surface area contributed by atoms with Gasteiger partial charge in [-0.3, -0.25) is 14.5 Å². The van der Waals surface area contributed by atoms with Crippen molar-refractivity contribution in [3.05, 3.63) is 30.3 Å². The fourth-order valence-corrected chi connectivity index (χ4v) is 1.66. The Morgan fingerprint density at radius 2 is 1.41 bits per heavy atom. The monoisotopic (exact) mass is 233 g/mol. The molecule has 0 unspecified atom stereocenters. The van der Waals surface area contributed by atoms with Crippen LogP contribution in [0.5, 0.6) is 0 Å². The van der Waals surface area contributed by atoms with Gasteiger partial charge in [-0.25, -0.2) is 0 Å². The summed E-state index contributed by atoms with van der Waals surface area (Å²) in [6.07, 6.45) is 2.32. The lowest BCUT2D eigenvalue weighted by molar-refractivity contribution is -0.126. The van der Waals surface area contributed by atoms with Crippen LogP contribution in [0.25, 0.3) is 0 Å². The molecule has 3 heteroatoms. The van der Waals surface area contributed by atoms with Gasteiger partial charge in [-0.2, -0.15) is 0 Å². The van der Waals surface area contributed by atoms with Crippen molar-refractivity contribution in [2.45, 2.75) is 39.5 Å². The molecule has 0 saturated carbocycles. The number of benzene rings is 1. The number of rotatable bonds is 5. The molecule has 17 heavy (non-hydrogen) atoms. The predicted octanol–water partition coefficient (Wildman–Crippen LogP) is 3.15. The minimum absolute atomic E-state index is 0.114. The summed E-state index contributed by atoms with van der Waals surface area (Å²) in [5, 5.41) is 0. The molecule has 1 rings (SSSR count). The number of anilines is 1. The van der Waals surface area contributed by atoms with Crippen molar-refractivity contribution in [1.82, 2.24) is 0 Å². The molecule has 0 radical (unpaired) electrons. The zero-order chi connectivity index (χ0) is 12.7. The van der Waals surface area contributed by atoms with Crippen LogP contribution in [0.3, 0.4) is 0 Å². The molecule has 2 amide bonds. The van der Waals surface area contributed by atoms with Gasteiger partial charge in [-0.1, -0.05) is 32.0 Å². The summed E-state index contributed by atoms with van der Waals surface area (Å²) >= 11 is 0. The molecule has 0 bridgehead atoms. The summed E-state index contributed by atoms with van der Waals surface area (Å²) < 4.78 is 0. The molecule has 0 aromatic heterocycles. The number of nitrogens with zero attached hydrogens (tertiary/aromatic N) is 1. The van der Waals surface area contributed by atoms with E-state index in [4.69, 9.17) is 0 Å². The summed E-state index contributed by atoms with van der Waals surface area (Å²) in [5.41, 5.74) is 0.671. The quantitative estimate of drug-likeness (QED) is 0.783. The first-order valence-corrected chi connectivity index (χ1v) is 6.11. The van der Waals surface area contributed by atoms with Crippen LogP contribution in [0, 0.1) is 0 Å². The van der Waals surface area contributed by atoms with Gasteiger partial charge >= 0.3 is 0 Å². The van der Waals surface area contributed by atoms with E-state index >= 15 is 0 Å². The Morgan fingerprint density at radius 1 is 0.941 bits per heavy atom. The molecule has 0 aliphatic carbocycles. The Morgan fingerprint density at radius 3 is 1.82 bits per heavy atom. The van der Waals surface area contributed by atoms with Crippen molar-refractivity contribution in [2.75, 3.05) is 4.90 Å². The lowest BCUT2D eigenvalue weighted by Gasteiger charge is -2.20. The zero-order valence-electron chi connectivity index (χ0n) is 10.5. The number of hydrogen-bond acceptors (Lipinski definition) is 2. The van der Waals surface area contributed by atoms with Crippen LogP contribution in [0.1, 0.15) is 39.5 Å². The summed E-state index contributed by atoms with van der Waals surface area (Å²) in [5.74, 6) is -0.227. The number of hydrogen-bond donors (Lipinski definition) is 0. The van der Waals surface area contributed by atoms with E-state index in [0.29, 0.717) is 18.5 Å². The van der Waals surface area contributed by atoms with Crippen LogP contribution < -0.4 is 4.90 Å². The maximum atomic E-state index is 12.0. The van der Waals surface area contributed by atoms with Crippen LogP contribution in [0.15, 0.2) is 30.3 Å². The van der Waals surface area contributed by atoms with E-state index in [0.717, 1.165) is 12.8 Å². The molecule has 92 valence electrons. The number of amides is 2. The molecule has 0 heterocycles. The second kappa shape index (κ2) is 6.84. The van der Waals surface area contributed by atoms with Crippen molar-refractivity contribution in [3.63, 3.8) is 0 Å². The van der Waals surface area contributed by atoms with E-state index in [2.05, 4.69) is 0 Å². The Kier molecular flexibility index (Phi) is 5.40. The highest BCUT2D eigenvalue weighted by molar-refractivity contribution is 6.14. The first kappa shape index (κ1) is 13.4. The second-order valence-electron chi connectivity index (χ2n) is 3.96. The zero-order valence-corrected chi connectivity index (χ0v) is 10.5. The molecule has 0 atom stereocenters. The van der Waals surface area contributed by atoms with Gasteiger partial charge < -0.3 is 0 Å². The lowest BCUT2D eigenvalue weighted by atomic mass is 10.2. The Bertz CT molecular complexity index is 355. The summed E-state index contributed by atoms with van der Waals surface area (Å²) in [6, 6.07) is 9.13. The third-order valence-electron chi connectivity index (χ3n) is 2.44. The van der Waals surface area contributed by atoms with E-state index in [-0.39, 0.29) is 11.8 Å². The highest BCUT2D eigenvalue weighted by Crippen LogP contribution is 2.16. The van der Waals surface area contributed by atoms with Gasteiger partial charge in [0.15, 0.2) is 0 Å². The standard InChI is InChI=1S/C14H19NO2/c1-3-8-13(16)15(14(17)9-4-2)12-10-6-5-7-11-12/h5-7,10-11H,3-4,8-9H2,1-2H3. The molecule has 1 aromatic rings. The fraction of sp³-hybridized carbons (Fsp3) is 0.429. The van der Waals surface area contributed by atoms with E-state index in [1.165, 1.54) is 4.90 Å². The van der Waals surface area contributed by atoms with Gasteiger partial charge in [-0.05, 0) is 25.0 Å². The molecule has 1 aromatic carbocycles. The van der Waals surface area contributed by atoms with Crippen molar-refractivity contribution in [2.24, 2.45) is 0 Å². The minimum atomic E-state index is -0.114. The van der Waals surface area contributed by atoms with Gasteiger partial charge in [0.1, 0.15) is 0 Å². The van der Waals surface area contributed by atoms with Crippen LogP contribution >= 0.6 is 0 Å². The largest absolute Gasteiger partial charge is 0.274 e. The van der Waals surface area contributed by atoms with Crippen molar-refractivity contribution in [1.29, 1.82) is 0 Å². The number of imide groups is 1. The average Bonchev–Trinajstić information content (AvgIpc) is 2.31. The predicted molar refractivity (Wildman–Crippen MR) is 68.8 cm³/mol. The van der Waals surface area contributed by atoms with Crippen LogP contribution in [0.2, 0.25) is 0 Å². The molecular weight excluding hydrogens is 214 g/mol. The SMILES string of the molecule is CCCC(=O)N(C(=O)CCC)c1ccccc1. The Labute approximate surface area is 102 Å². The van der Waals surface area contributed by atoms with Crippen molar-refractivity contribution >= 4 is 17.5 Å². The van der Waals surface area contributed by atoms with E-state index in [9.17, 15) is 9.59 Å². The molecule has 0 aliphatic heterocycles. The molecule has 0 spiro atoms. The first-order chi connectivity index (χ1) is 8.20. The summed E-state index contributed by atoms with van der Waals surface area (Å²) in [6.45, 7) is 3.87. The van der Waals surface area contributed by atoms with Gasteiger partial charge in [0, 0.05) is 12.8 Å². The van der Waals surface area contributed by atoms with E-state index in [1.54, 1.807) is 12.1 Å². The average molecular weight is 233 g/mol. The summed E-state index contributed by atoms with van der Waals surface area (Å²) in [4.78, 5) is 25.2. The molecule has 3 nitrogen and oxygen atoms in total. The number of carbonyl (C=O) groups is 2. The van der Waals surface area contributed by atoms with Gasteiger partial charge in [-0.15, -0.1) is 0 Å². The van der Waals surface area contributed by atoms with Crippen molar-refractivity contribution in [3.8, 4) is 0 Å². The molecule has 0 saturated heterocycles. The maximum Gasteiger partial charge on any atom is 0.233 e. The minimum Gasteiger partial charge on any atom is -0.274 e. The van der Waals surface area contributed by atoms with Crippen molar-refractivity contribution < 1.29 is 9.59 Å². The van der Waals surface area contributed by atoms with E-state index < -0.39 is 0 Å². The summed E-state index contributed by atoms with van der Waals surface area (Å²) in [7, 11) is 0. The molecular formula is C14H19NO2. The topological polar surface area (TPSA) is 37.4 Å². The third kappa shape index (κ3) is 3.70. The molecule has 0 fully saturated rings. The Balaban J connectivity index is 2.94. The number of para-hydroxylation sites is 1. The van der Waals surface area contributed by atoms with Gasteiger partial charge in [0.25, 0.3) is 0 Å². The highest BCUT2D eigenvalue weighted by atomic mass is 16.2. The van der Waals surface area contributed by atoms with Crippen LogP contribution in [-0.2, 0) is 9.59 Å². The molecule has 0 aliphatic rings. The smallest absolute Gasteiger partial charge is 0.233 e. The Hall–Kier alpha value is -1.64.